The summed E-state index contributed by atoms with van der Waals surface area (Å²) in [4.78, 5) is 13.6. The van der Waals surface area contributed by atoms with Gasteiger partial charge in [-0.2, -0.15) is 4.37 Å². The lowest BCUT2D eigenvalue weighted by molar-refractivity contribution is 0.0697. The summed E-state index contributed by atoms with van der Waals surface area (Å²) in [6.07, 6.45) is 2.61. The molecule has 0 spiro atoms. The number of aromatic nitrogens is 1. The molecular formula is C13H21N3O2S. The van der Waals surface area contributed by atoms with Crippen LogP contribution in [-0.2, 0) is 0 Å². The Morgan fingerprint density at radius 2 is 2.21 bits per heavy atom. The average Bonchev–Trinajstić information content (AvgIpc) is 2.96. The number of nitrogens with one attached hydrogen (secondary N) is 1. The van der Waals surface area contributed by atoms with Crippen molar-refractivity contribution in [2.75, 3.05) is 31.5 Å². The highest BCUT2D eigenvalue weighted by Crippen LogP contribution is 2.24. The number of carbonyl (C=O) groups is 1. The van der Waals surface area contributed by atoms with E-state index in [2.05, 4.69) is 21.5 Å². The van der Waals surface area contributed by atoms with Crippen molar-refractivity contribution >= 4 is 22.5 Å². The lowest BCUT2D eigenvalue weighted by atomic mass is 10.1. The predicted molar refractivity (Wildman–Crippen MR) is 77.1 cm³/mol. The normalized spacial score (nSPS) is 17.6. The minimum Gasteiger partial charge on any atom is -0.478 e. The first-order valence-corrected chi connectivity index (χ1v) is 7.51. The van der Waals surface area contributed by atoms with Gasteiger partial charge in [0.25, 0.3) is 0 Å². The van der Waals surface area contributed by atoms with Crippen molar-refractivity contribution in [3.63, 3.8) is 0 Å². The van der Waals surface area contributed by atoms with E-state index in [0.29, 0.717) is 22.2 Å². The number of nitrogens with zero attached hydrogens (tertiary/aromatic N) is 2. The molecule has 1 unspecified atom stereocenters. The molecule has 106 valence electrons. The molecule has 1 aromatic rings. The van der Waals surface area contributed by atoms with Gasteiger partial charge in [-0.15, -0.1) is 0 Å². The first-order valence-electron chi connectivity index (χ1n) is 6.73. The van der Waals surface area contributed by atoms with Crippen LogP contribution in [-0.4, -0.2) is 46.5 Å². The second-order valence-electron chi connectivity index (χ2n) is 5.27. The van der Waals surface area contributed by atoms with Crippen LogP contribution in [0.4, 0.5) is 5.00 Å². The van der Waals surface area contributed by atoms with E-state index in [1.165, 1.54) is 37.5 Å². The Hall–Kier alpha value is -1.14. The summed E-state index contributed by atoms with van der Waals surface area (Å²) in [6.45, 7) is 8.19. The fourth-order valence-corrected chi connectivity index (χ4v) is 3.27. The summed E-state index contributed by atoms with van der Waals surface area (Å²) >= 11 is 1.23. The van der Waals surface area contributed by atoms with E-state index in [0.717, 1.165) is 13.1 Å². The van der Waals surface area contributed by atoms with Gasteiger partial charge in [0.05, 0.1) is 5.69 Å². The summed E-state index contributed by atoms with van der Waals surface area (Å²) in [5.74, 6) is -0.400. The van der Waals surface area contributed by atoms with Crippen LogP contribution in [0.5, 0.6) is 0 Å². The zero-order valence-corrected chi connectivity index (χ0v) is 12.3. The summed E-state index contributed by atoms with van der Waals surface area (Å²) < 4.78 is 4.11. The Morgan fingerprint density at radius 1 is 1.53 bits per heavy atom. The summed E-state index contributed by atoms with van der Waals surface area (Å²) in [5, 5.41) is 13.1. The lowest BCUT2D eigenvalue weighted by Gasteiger charge is -2.20. The van der Waals surface area contributed by atoms with E-state index in [4.69, 9.17) is 5.11 Å². The molecular weight excluding hydrogens is 262 g/mol. The number of carboxylic acid groups (broad SMARTS) is 1. The Morgan fingerprint density at radius 3 is 2.84 bits per heavy atom. The minimum absolute atomic E-state index is 0.318. The zero-order chi connectivity index (χ0) is 13.8. The van der Waals surface area contributed by atoms with Gasteiger partial charge in [0.1, 0.15) is 10.6 Å². The summed E-state index contributed by atoms with van der Waals surface area (Å²) in [5.41, 5.74) is 0.908. The maximum Gasteiger partial charge on any atom is 0.340 e. The van der Waals surface area contributed by atoms with Gasteiger partial charge < -0.3 is 15.3 Å². The average molecular weight is 283 g/mol. The van der Waals surface area contributed by atoms with Crippen LogP contribution in [0.3, 0.4) is 0 Å². The molecule has 0 bridgehead atoms. The molecule has 1 aromatic heterocycles. The topological polar surface area (TPSA) is 65.5 Å². The number of likely N-dealkylation sites (tertiary alicyclic amines) is 1. The Bertz CT molecular complexity index is 441. The van der Waals surface area contributed by atoms with Gasteiger partial charge >= 0.3 is 5.97 Å². The number of hydrogen-bond acceptors (Lipinski definition) is 5. The molecule has 0 saturated carbocycles. The Labute approximate surface area is 117 Å². The Balaban J connectivity index is 1.86. The standard InChI is InChI=1S/C13H21N3O2S/c1-9(8-16-5-3-4-6-16)7-14-12-11(13(17)18)10(2)15-19-12/h9,14H,3-8H2,1-2H3,(H,17,18). The lowest BCUT2D eigenvalue weighted by Crippen LogP contribution is -2.28. The minimum atomic E-state index is -0.902. The highest BCUT2D eigenvalue weighted by atomic mass is 32.1. The number of rotatable bonds is 6. The Kier molecular flexibility index (Phi) is 4.76. The van der Waals surface area contributed by atoms with E-state index >= 15 is 0 Å². The van der Waals surface area contributed by atoms with Crippen LogP contribution in [0, 0.1) is 12.8 Å². The quantitative estimate of drug-likeness (QED) is 0.838. The van der Waals surface area contributed by atoms with Gasteiger partial charge in [-0.1, -0.05) is 6.92 Å². The molecule has 1 atom stereocenters. The van der Waals surface area contributed by atoms with Gasteiger partial charge in [-0.05, 0) is 50.3 Å². The largest absolute Gasteiger partial charge is 0.478 e. The monoisotopic (exact) mass is 283 g/mol. The summed E-state index contributed by atoms with van der Waals surface area (Å²) in [6, 6.07) is 0. The van der Waals surface area contributed by atoms with Gasteiger partial charge in [0, 0.05) is 13.1 Å². The van der Waals surface area contributed by atoms with Crippen LogP contribution in [0.25, 0.3) is 0 Å². The van der Waals surface area contributed by atoms with E-state index in [9.17, 15) is 4.79 Å². The molecule has 19 heavy (non-hydrogen) atoms. The number of aromatic carboxylic acids is 1. The maximum atomic E-state index is 11.1. The third kappa shape index (κ3) is 3.67. The highest BCUT2D eigenvalue weighted by molar-refractivity contribution is 7.10. The molecule has 5 nitrogen and oxygen atoms in total. The van der Waals surface area contributed by atoms with Gasteiger partial charge in [0.15, 0.2) is 0 Å². The molecule has 1 saturated heterocycles. The second-order valence-corrected chi connectivity index (χ2v) is 6.04. The van der Waals surface area contributed by atoms with Gasteiger partial charge in [0.2, 0.25) is 0 Å². The molecule has 1 aliphatic heterocycles. The van der Waals surface area contributed by atoms with Crippen molar-refractivity contribution in [2.24, 2.45) is 5.92 Å². The zero-order valence-electron chi connectivity index (χ0n) is 11.5. The SMILES string of the molecule is Cc1nsc(NCC(C)CN2CCCC2)c1C(=O)O. The van der Waals surface area contributed by atoms with Crippen molar-refractivity contribution in [1.82, 2.24) is 9.27 Å². The number of carboxylic acids is 1. The first-order chi connectivity index (χ1) is 9.08. The molecule has 2 heterocycles. The second kappa shape index (κ2) is 6.34. The predicted octanol–water partition coefficient (Wildman–Crippen LogP) is 2.29. The van der Waals surface area contributed by atoms with Crippen LogP contribution in [0.2, 0.25) is 0 Å². The molecule has 6 heteroatoms. The highest BCUT2D eigenvalue weighted by Gasteiger charge is 2.19. The molecule has 1 aliphatic rings. The van der Waals surface area contributed by atoms with Crippen molar-refractivity contribution < 1.29 is 9.90 Å². The van der Waals surface area contributed by atoms with E-state index < -0.39 is 5.97 Å². The van der Waals surface area contributed by atoms with Gasteiger partial charge in [-0.3, -0.25) is 0 Å². The molecule has 0 radical (unpaired) electrons. The fraction of sp³-hybridized carbons (Fsp3) is 0.692. The van der Waals surface area contributed by atoms with Gasteiger partial charge in [-0.25, -0.2) is 4.79 Å². The van der Waals surface area contributed by atoms with Crippen molar-refractivity contribution in [2.45, 2.75) is 26.7 Å². The number of hydrogen-bond donors (Lipinski definition) is 2. The van der Waals surface area contributed by atoms with Crippen molar-refractivity contribution in [3.05, 3.63) is 11.3 Å². The third-order valence-corrected chi connectivity index (χ3v) is 4.35. The van der Waals surface area contributed by atoms with Crippen LogP contribution < -0.4 is 5.32 Å². The van der Waals surface area contributed by atoms with Crippen molar-refractivity contribution in [1.29, 1.82) is 0 Å². The number of aryl methyl sites for hydroxylation is 1. The smallest absolute Gasteiger partial charge is 0.340 e. The van der Waals surface area contributed by atoms with Crippen LogP contribution in [0.15, 0.2) is 0 Å². The summed E-state index contributed by atoms with van der Waals surface area (Å²) in [7, 11) is 0. The van der Waals surface area contributed by atoms with E-state index in [1.807, 2.05) is 0 Å². The molecule has 0 aliphatic carbocycles. The van der Waals surface area contributed by atoms with E-state index in [1.54, 1.807) is 6.92 Å². The maximum absolute atomic E-state index is 11.1. The molecule has 2 rings (SSSR count). The van der Waals surface area contributed by atoms with E-state index in [-0.39, 0.29) is 0 Å². The molecule has 2 N–H and O–H groups in total. The van der Waals surface area contributed by atoms with Crippen molar-refractivity contribution in [3.8, 4) is 0 Å². The molecule has 0 aromatic carbocycles. The number of anilines is 1. The first kappa shape index (κ1) is 14.3. The van der Waals surface area contributed by atoms with Crippen LogP contribution >= 0.6 is 11.5 Å². The van der Waals surface area contributed by atoms with Crippen LogP contribution in [0.1, 0.15) is 35.8 Å². The molecule has 1 fully saturated rings. The fourth-order valence-electron chi connectivity index (χ4n) is 2.48. The third-order valence-electron chi connectivity index (χ3n) is 3.46. The molecule has 0 amide bonds.